The molecule has 0 saturated heterocycles. The van der Waals surface area contributed by atoms with Crippen molar-refractivity contribution < 1.29 is 27.5 Å². The molecule has 0 fully saturated rings. The van der Waals surface area contributed by atoms with Crippen molar-refractivity contribution in [3.05, 3.63) is 53.6 Å². The number of aryl methyl sites for hydroxylation is 1. The average Bonchev–Trinajstić information content (AvgIpc) is 2.80. The highest BCUT2D eigenvalue weighted by molar-refractivity contribution is 7.92. The summed E-state index contributed by atoms with van der Waals surface area (Å²) in [6, 6.07) is 11.5. The summed E-state index contributed by atoms with van der Waals surface area (Å²) >= 11 is 0. The first-order valence-corrected chi connectivity index (χ1v) is 13.0. The fourth-order valence-corrected chi connectivity index (χ4v) is 4.52. The number of anilines is 1. The van der Waals surface area contributed by atoms with Gasteiger partial charge in [0.25, 0.3) is 0 Å². The molecule has 0 spiro atoms. The molecule has 1 atom stereocenters. The van der Waals surface area contributed by atoms with Crippen LogP contribution in [-0.4, -0.2) is 63.7 Å². The van der Waals surface area contributed by atoms with Gasteiger partial charge in [-0.3, -0.25) is 13.9 Å². The van der Waals surface area contributed by atoms with E-state index < -0.39 is 28.5 Å². The lowest BCUT2D eigenvalue weighted by Gasteiger charge is -2.32. The van der Waals surface area contributed by atoms with E-state index in [1.54, 1.807) is 32.0 Å². The van der Waals surface area contributed by atoms with Crippen LogP contribution in [-0.2, 0) is 26.2 Å². The molecule has 0 saturated carbocycles. The van der Waals surface area contributed by atoms with Gasteiger partial charge in [-0.15, -0.1) is 0 Å². The van der Waals surface area contributed by atoms with Gasteiger partial charge in [0.2, 0.25) is 21.8 Å². The van der Waals surface area contributed by atoms with Gasteiger partial charge < -0.3 is 19.7 Å². The Bertz CT molecular complexity index is 1150. The lowest BCUT2D eigenvalue weighted by Crippen LogP contribution is -2.51. The molecular weight excluding hydrogens is 458 g/mol. The van der Waals surface area contributed by atoms with Crippen LogP contribution in [0.1, 0.15) is 25.0 Å². The Morgan fingerprint density at radius 2 is 1.76 bits per heavy atom. The topological polar surface area (TPSA) is 105 Å². The second-order valence-corrected chi connectivity index (χ2v) is 10.0. The molecule has 0 unspecified atom stereocenters. The average molecular weight is 490 g/mol. The highest BCUT2D eigenvalue weighted by atomic mass is 32.2. The summed E-state index contributed by atoms with van der Waals surface area (Å²) in [6.45, 7) is 6.24. The maximum Gasteiger partial charge on any atom is 0.244 e. The van der Waals surface area contributed by atoms with Crippen molar-refractivity contribution in [3.8, 4) is 11.5 Å². The molecule has 10 heteroatoms. The molecule has 0 radical (unpaired) electrons. The standard InChI is InChI=1S/C24H31N3O6S/c1-5-25-24(29)18(3)26(15-19-9-7-6-8-17(19)2)23(28)16-27(34(4,30)31)20-10-11-21-22(14-20)33-13-12-32-21/h6-11,14,18H,5,12-13,15-16H2,1-4H3,(H,25,29)/t18-/m0/s1. The van der Waals surface area contributed by atoms with E-state index in [0.29, 0.717) is 31.3 Å². The van der Waals surface area contributed by atoms with Gasteiger partial charge in [-0.1, -0.05) is 24.3 Å². The summed E-state index contributed by atoms with van der Waals surface area (Å²) in [4.78, 5) is 27.5. The van der Waals surface area contributed by atoms with E-state index >= 15 is 0 Å². The van der Waals surface area contributed by atoms with E-state index in [4.69, 9.17) is 9.47 Å². The van der Waals surface area contributed by atoms with Crippen molar-refractivity contribution >= 4 is 27.5 Å². The molecule has 1 N–H and O–H groups in total. The zero-order valence-corrected chi connectivity index (χ0v) is 20.7. The lowest BCUT2D eigenvalue weighted by atomic mass is 10.1. The molecule has 3 rings (SSSR count). The van der Waals surface area contributed by atoms with Gasteiger partial charge in [-0.25, -0.2) is 8.42 Å². The molecule has 9 nitrogen and oxygen atoms in total. The van der Waals surface area contributed by atoms with Gasteiger partial charge in [0.1, 0.15) is 25.8 Å². The number of rotatable bonds is 9. The number of hydrogen-bond acceptors (Lipinski definition) is 6. The summed E-state index contributed by atoms with van der Waals surface area (Å²) in [7, 11) is -3.82. The first-order valence-electron chi connectivity index (χ1n) is 11.1. The molecular formula is C24H31N3O6S. The number of nitrogens with zero attached hydrogens (tertiary/aromatic N) is 2. The SMILES string of the molecule is CCNC(=O)[C@H](C)N(Cc1ccccc1C)C(=O)CN(c1ccc2c(c1)OCCO2)S(C)(=O)=O. The zero-order chi connectivity index (χ0) is 24.9. The molecule has 34 heavy (non-hydrogen) atoms. The second-order valence-electron chi connectivity index (χ2n) is 8.12. The number of ether oxygens (including phenoxy) is 2. The third-order valence-electron chi connectivity index (χ3n) is 5.61. The highest BCUT2D eigenvalue weighted by Gasteiger charge is 2.30. The molecule has 0 aromatic heterocycles. The Balaban J connectivity index is 1.93. The van der Waals surface area contributed by atoms with E-state index in [9.17, 15) is 18.0 Å². The monoisotopic (exact) mass is 489 g/mol. The third kappa shape index (κ3) is 5.99. The maximum absolute atomic E-state index is 13.5. The molecule has 2 aromatic rings. The normalized spacial score (nSPS) is 13.6. The predicted molar refractivity (Wildman–Crippen MR) is 129 cm³/mol. The van der Waals surface area contributed by atoms with Crippen LogP contribution in [0.25, 0.3) is 0 Å². The molecule has 0 aliphatic carbocycles. The van der Waals surface area contributed by atoms with Gasteiger partial charge in [-0.2, -0.15) is 0 Å². The largest absolute Gasteiger partial charge is 0.486 e. The van der Waals surface area contributed by atoms with Crippen molar-refractivity contribution in [2.45, 2.75) is 33.4 Å². The van der Waals surface area contributed by atoms with Crippen molar-refractivity contribution in [2.75, 3.05) is 36.9 Å². The van der Waals surface area contributed by atoms with E-state index in [2.05, 4.69) is 5.32 Å². The summed E-state index contributed by atoms with van der Waals surface area (Å²) in [5, 5.41) is 2.74. The van der Waals surface area contributed by atoms with Gasteiger partial charge in [0, 0.05) is 19.2 Å². The minimum absolute atomic E-state index is 0.169. The van der Waals surface area contributed by atoms with Gasteiger partial charge >= 0.3 is 0 Å². The fraction of sp³-hybridized carbons (Fsp3) is 0.417. The number of hydrogen-bond donors (Lipinski definition) is 1. The lowest BCUT2D eigenvalue weighted by molar-refractivity contribution is -0.139. The van der Waals surface area contributed by atoms with Gasteiger partial charge in [-0.05, 0) is 44.0 Å². The van der Waals surface area contributed by atoms with Gasteiger partial charge in [0.15, 0.2) is 11.5 Å². The molecule has 1 aliphatic heterocycles. The predicted octanol–water partition coefficient (Wildman–Crippen LogP) is 2.09. The van der Waals surface area contributed by atoms with Crippen LogP contribution < -0.4 is 19.1 Å². The van der Waals surface area contributed by atoms with Crippen molar-refractivity contribution in [3.63, 3.8) is 0 Å². The van der Waals surface area contributed by atoms with E-state index in [1.165, 1.54) is 4.90 Å². The first-order chi connectivity index (χ1) is 16.1. The van der Waals surface area contributed by atoms with Gasteiger partial charge in [0.05, 0.1) is 11.9 Å². The van der Waals surface area contributed by atoms with Crippen LogP contribution >= 0.6 is 0 Å². The molecule has 0 bridgehead atoms. The number of fused-ring (bicyclic) bond motifs is 1. The molecule has 1 aliphatic rings. The van der Waals surface area contributed by atoms with Crippen LogP contribution in [0.5, 0.6) is 11.5 Å². The maximum atomic E-state index is 13.5. The Morgan fingerprint density at radius 1 is 1.09 bits per heavy atom. The van der Waals surface area contributed by atoms with Crippen molar-refractivity contribution in [2.24, 2.45) is 0 Å². The minimum Gasteiger partial charge on any atom is -0.486 e. The fourth-order valence-electron chi connectivity index (χ4n) is 3.68. The van der Waals surface area contributed by atoms with Crippen LogP contribution in [0.2, 0.25) is 0 Å². The Labute approximate surface area is 200 Å². The number of likely N-dealkylation sites (N-methyl/N-ethyl adjacent to an activating group) is 1. The number of nitrogens with one attached hydrogen (secondary N) is 1. The quantitative estimate of drug-likeness (QED) is 0.578. The summed E-state index contributed by atoms with van der Waals surface area (Å²) in [6.07, 6.45) is 1.04. The number of carbonyl (C=O) groups is 2. The van der Waals surface area contributed by atoms with Crippen LogP contribution in [0.15, 0.2) is 42.5 Å². The Morgan fingerprint density at radius 3 is 2.41 bits per heavy atom. The number of benzene rings is 2. The third-order valence-corrected chi connectivity index (χ3v) is 6.75. The molecule has 2 aromatic carbocycles. The van der Waals surface area contributed by atoms with Crippen LogP contribution in [0.3, 0.4) is 0 Å². The van der Waals surface area contributed by atoms with E-state index in [-0.39, 0.29) is 18.1 Å². The highest BCUT2D eigenvalue weighted by Crippen LogP contribution is 2.34. The van der Waals surface area contributed by atoms with Crippen molar-refractivity contribution in [1.29, 1.82) is 0 Å². The van der Waals surface area contributed by atoms with Crippen LogP contribution in [0.4, 0.5) is 5.69 Å². The summed E-state index contributed by atoms with van der Waals surface area (Å²) in [5.41, 5.74) is 2.12. The smallest absolute Gasteiger partial charge is 0.244 e. The number of carbonyl (C=O) groups excluding carboxylic acids is 2. The Kier molecular flexibility index (Phi) is 8.03. The molecule has 2 amide bonds. The van der Waals surface area contributed by atoms with Crippen molar-refractivity contribution in [1.82, 2.24) is 10.2 Å². The summed E-state index contributed by atoms with van der Waals surface area (Å²) in [5.74, 6) is 0.120. The summed E-state index contributed by atoms with van der Waals surface area (Å²) < 4.78 is 37.5. The molecule has 184 valence electrons. The zero-order valence-electron chi connectivity index (χ0n) is 19.9. The number of sulfonamides is 1. The van der Waals surface area contributed by atoms with E-state index in [0.717, 1.165) is 21.7 Å². The van der Waals surface area contributed by atoms with Crippen LogP contribution in [0, 0.1) is 6.92 Å². The molecule has 1 heterocycles. The van der Waals surface area contributed by atoms with E-state index in [1.807, 2.05) is 31.2 Å². The first kappa shape index (κ1) is 25.4. The number of amides is 2. The second kappa shape index (κ2) is 10.8. The Hall–Kier alpha value is -3.27. The minimum atomic E-state index is -3.82.